The lowest BCUT2D eigenvalue weighted by Gasteiger charge is -2.19. The number of hydrogen-bond acceptors (Lipinski definition) is 4. The van der Waals surface area contributed by atoms with Crippen LogP contribution in [0.5, 0.6) is 17.2 Å². The summed E-state index contributed by atoms with van der Waals surface area (Å²) >= 11 is 5.34. The number of aryl methyl sites for hydroxylation is 1. The molecule has 3 rings (SSSR count). The molecule has 25 heavy (non-hydrogen) atoms. The topological polar surface area (TPSA) is 51.8 Å². The van der Waals surface area contributed by atoms with Gasteiger partial charge in [0.15, 0.2) is 16.6 Å². The third kappa shape index (κ3) is 5.00. The fraction of sp³-hybridized carbons (Fsp3) is 0.316. The molecule has 2 aromatic rings. The van der Waals surface area contributed by atoms with Crippen molar-refractivity contribution in [3.63, 3.8) is 0 Å². The predicted octanol–water partition coefficient (Wildman–Crippen LogP) is 3.39. The smallest absolute Gasteiger partial charge is 0.170 e. The van der Waals surface area contributed by atoms with E-state index in [-0.39, 0.29) is 0 Å². The van der Waals surface area contributed by atoms with Crippen molar-refractivity contribution in [1.29, 1.82) is 0 Å². The van der Waals surface area contributed by atoms with E-state index in [1.54, 1.807) is 7.11 Å². The van der Waals surface area contributed by atoms with Crippen LogP contribution >= 0.6 is 12.2 Å². The first kappa shape index (κ1) is 17.4. The maximum atomic E-state index is 5.57. The molecule has 2 N–H and O–H groups in total. The normalized spacial score (nSPS) is 12.4. The van der Waals surface area contributed by atoms with Gasteiger partial charge < -0.3 is 24.8 Å². The first-order valence-electron chi connectivity index (χ1n) is 8.32. The molecule has 0 amide bonds. The number of nitrogens with one attached hydrogen (secondary N) is 2. The number of rotatable bonds is 6. The van der Waals surface area contributed by atoms with Crippen molar-refractivity contribution in [3.8, 4) is 17.2 Å². The Labute approximate surface area is 153 Å². The maximum absolute atomic E-state index is 5.57. The van der Waals surface area contributed by atoms with E-state index in [0.29, 0.717) is 18.3 Å². The lowest BCUT2D eigenvalue weighted by molar-refractivity contribution is 0.171. The summed E-state index contributed by atoms with van der Waals surface area (Å²) in [6.45, 7) is 1.97. The van der Waals surface area contributed by atoms with E-state index in [9.17, 15) is 0 Å². The molecule has 0 unspecified atom stereocenters. The van der Waals surface area contributed by atoms with Gasteiger partial charge in [0.1, 0.15) is 19.0 Å². The molecular weight excluding hydrogens is 336 g/mol. The largest absolute Gasteiger partial charge is 0.497 e. The van der Waals surface area contributed by atoms with Crippen LogP contribution in [0.1, 0.15) is 12.0 Å². The third-order valence-electron chi connectivity index (χ3n) is 3.89. The number of anilines is 1. The molecule has 0 spiro atoms. The van der Waals surface area contributed by atoms with Gasteiger partial charge >= 0.3 is 0 Å². The summed E-state index contributed by atoms with van der Waals surface area (Å²) in [4.78, 5) is 0. The first-order valence-corrected chi connectivity index (χ1v) is 8.73. The molecule has 1 aliphatic rings. The molecule has 0 radical (unpaired) electrons. The van der Waals surface area contributed by atoms with Gasteiger partial charge in [0, 0.05) is 18.3 Å². The van der Waals surface area contributed by atoms with Crippen molar-refractivity contribution in [2.75, 3.05) is 32.2 Å². The molecule has 0 bridgehead atoms. The third-order valence-corrected chi connectivity index (χ3v) is 4.13. The van der Waals surface area contributed by atoms with E-state index in [1.165, 1.54) is 5.56 Å². The Kier molecular flexibility index (Phi) is 5.95. The molecule has 1 aliphatic heterocycles. The molecular formula is C19H22N2O3S. The molecule has 0 aliphatic carbocycles. The van der Waals surface area contributed by atoms with E-state index in [2.05, 4.69) is 22.8 Å². The minimum absolute atomic E-state index is 0.574. The summed E-state index contributed by atoms with van der Waals surface area (Å²) in [7, 11) is 1.68. The summed E-state index contributed by atoms with van der Waals surface area (Å²) in [5.74, 6) is 2.40. The highest BCUT2D eigenvalue weighted by Crippen LogP contribution is 2.32. The van der Waals surface area contributed by atoms with Crippen LogP contribution in [0, 0.1) is 0 Å². The minimum Gasteiger partial charge on any atom is -0.497 e. The second-order valence-corrected chi connectivity index (χ2v) is 6.10. The zero-order chi connectivity index (χ0) is 17.5. The summed E-state index contributed by atoms with van der Waals surface area (Å²) in [5, 5.41) is 7.00. The van der Waals surface area contributed by atoms with Crippen LogP contribution in [-0.4, -0.2) is 32.0 Å². The fourth-order valence-electron chi connectivity index (χ4n) is 2.58. The van der Waals surface area contributed by atoms with Crippen LogP contribution in [0.3, 0.4) is 0 Å². The van der Waals surface area contributed by atoms with Crippen molar-refractivity contribution in [3.05, 3.63) is 48.0 Å². The molecule has 132 valence electrons. The van der Waals surface area contributed by atoms with Gasteiger partial charge in [0.2, 0.25) is 0 Å². The lowest BCUT2D eigenvalue weighted by atomic mass is 10.1. The molecule has 1 heterocycles. The highest BCUT2D eigenvalue weighted by molar-refractivity contribution is 7.80. The Morgan fingerprint density at radius 2 is 1.84 bits per heavy atom. The Balaban J connectivity index is 1.40. The van der Waals surface area contributed by atoms with E-state index in [1.807, 2.05) is 30.3 Å². The number of thiocarbonyl (C=S) groups is 1. The fourth-order valence-corrected chi connectivity index (χ4v) is 2.80. The number of benzene rings is 2. The van der Waals surface area contributed by atoms with Crippen molar-refractivity contribution < 1.29 is 14.2 Å². The summed E-state index contributed by atoms with van der Waals surface area (Å²) in [6.07, 6.45) is 1.99. The van der Waals surface area contributed by atoms with Crippen molar-refractivity contribution in [1.82, 2.24) is 5.32 Å². The minimum atomic E-state index is 0.574. The zero-order valence-corrected chi connectivity index (χ0v) is 15.0. The number of hydrogen-bond donors (Lipinski definition) is 2. The Hall–Kier alpha value is -2.47. The van der Waals surface area contributed by atoms with Gasteiger partial charge in [-0.05, 0) is 54.9 Å². The van der Waals surface area contributed by atoms with E-state index < -0.39 is 0 Å². The molecule has 5 nitrogen and oxygen atoms in total. The van der Waals surface area contributed by atoms with Gasteiger partial charge in [-0.25, -0.2) is 0 Å². The van der Waals surface area contributed by atoms with E-state index >= 15 is 0 Å². The van der Waals surface area contributed by atoms with Gasteiger partial charge in [-0.3, -0.25) is 0 Å². The van der Waals surface area contributed by atoms with E-state index in [4.69, 9.17) is 26.4 Å². The number of methoxy groups -OCH3 is 1. The standard InChI is InChI=1S/C19H22N2O3S/c1-22-16-7-4-14(5-8-16)3-2-10-20-19(25)21-15-6-9-17-18(13-15)24-12-11-23-17/h4-9,13H,2-3,10-12H2,1H3,(H2,20,21,25). The average Bonchev–Trinajstić information content (AvgIpc) is 2.65. The van der Waals surface area contributed by atoms with E-state index in [0.717, 1.165) is 42.3 Å². The van der Waals surface area contributed by atoms with Crippen LogP contribution in [-0.2, 0) is 6.42 Å². The number of fused-ring (bicyclic) bond motifs is 1. The number of ether oxygens (including phenoxy) is 3. The molecule has 0 saturated heterocycles. The lowest BCUT2D eigenvalue weighted by Crippen LogP contribution is -2.29. The Morgan fingerprint density at radius 3 is 2.60 bits per heavy atom. The summed E-state index contributed by atoms with van der Waals surface area (Å²) < 4.78 is 16.2. The summed E-state index contributed by atoms with van der Waals surface area (Å²) in [5.41, 5.74) is 2.17. The zero-order valence-electron chi connectivity index (χ0n) is 14.2. The van der Waals surface area contributed by atoms with Crippen molar-refractivity contribution in [2.24, 2.45) is 0 Å². The van der Waals surface area contributed by atoms with Crippen LogP contribution in [0.2, 0.25) is 0 Å². The van der Waals surface area contributed by atoms with Crippen LogP contribution in [0.25, 0.3) is 0 Å². The summed E-state index contributed by atoms with van der Waals surface area (Å²) in [6, 6.07) is 13.9. The monoisotopic (exact) mass is 358 g/mol. The van der Waals surface area contributed by atoms with Crippen LogP contribution < -0.4 is 24.8 Å². The second-order valence-electron chi connectivity index (χ2n) is 5.69. The molecule has 0 saturated carbocycles. The predicted molar refractivity (Wildman–Crippen MR) is 103 cm³/mol. The van der Waals surface area contributed by atoms with Crippen molar-refractivity contribution in [2.45, 2.75) is 12.8 Å². The van der Waals surface area contributed by atoms with Gasteiger partial charge in [-0.1, -0.05) is 12.1 Å². The first-order chi connectivity index (χ1) is 12.2. The Morgan fingerprint density at radius 1 is 1.08 bits per heavy atom. The SMILES string of the molecule is COc1ccc(CCCNC(=S)Nc2ccc3c(c2)OCCO3)cc1. The molecule has 6 heteroatoms. The molecule has 0 fully saturated rings. The van der Waals surface area contributed by atoms with Gasteiger partial charge in [-0.15, -0.1) is 0 Å². The van der Waals surface area contributed by atoms with Crippen LogP contribution in [0.15, 0.2) is 42.5 Å². The van der Waals surface area contributed by atoms with Gasteiger partial charge in [-0.2, -0.15) is 0 Å². The quantitative estimate of drug-likeness (QED) is 0.610. The van der Waals surface area contributed by atoms with Crippen LogP contribution in [0.4, 0.5) is 5.69 Å². The molecule has 0 aromatic heterocycles. The Bertz CT molecular complexity index is 719. The maximum Gasteiger partial charge on any atom is 0.170 e. The second kappa shape index (κ2) is 8.58. The highest BCUT2D eigenvalue weighted by Gasteiger charge is 2.11. The average molecular weight is 358 g/mol. The van der Waals surface area contributed by atoms with Gasteiger partial charge in [0.25, 0.3) is 0 Å². The van der Waals surface area contributed by atoms with Gasteiger partial charge in [0.05, 0.1) is 7.11 Å². The molecule has 2 aromatic carbocycles. The highest BCUT2D eigenvalue weighted by atomic mass is 32.1. The molecule has 0 atom stereocenters. The van der Waals surface area contributed by atoms with Crippen molar-refractivity contribution >= 4 is 23.0 Å².